The summed E-state index contributed by atoms with van der Waals surface area (Å²) in [6.45, 7) is 4.06. The minimum atomic E-state index is -0.00887. The first kappa shape index (κ1) is 15.2. The SMILES string of the molecule is COc1ccc(C)cc1C(C)Nc1cc(Cl)ccc1C#N. The molecule has 2 rings (SSSR count). The Kier molecular flexibility index (Phi) is 4.72. The zero-order chi connectivity index (χ0) is 15.4. The summed E-state index contributed by atoms with van der Waals surface area (Å²) in [6, 6.07) is 13.4. The van der Waals surface area contributed by atoms with Crippen molar-refractivity contribution < 1.29 is 4.74 Å². The normalized spacial score (nSPS) is 11.6. The molecule has 0 heterocycles. The monoisotopic (exact) mass is 300 g/mol. The van der Waals surface area contributed by atoms with Crippen LogP contribution in [0.2, 0.25) is 5.02 Å². The van der Waals surface area contributed by atoms with Crippen LogP contribution >= 0.6 is 11.6 Å². The van der Waals surface area contributed by atoms with Crippen molar-refractivity contribution in [1.29, 1.82) is 5.26 Å². The first-order valence-electron chi connectivity index (χ1n) is 6.66. The molecule has 0 spiro atoms. The molecule has 0 amide bonds. The zero-order valence-electron chi connectivity index (χ0n) is 12.3. The number of anilines is 1. The van der Waals surface area contributed by atoms with E-state index in [0.29, 0.717) is 10.6 Å². The molecular weight excluding hydrogens is 284 g/mol. The average Bonchev–Trinajstić information content (AvgIpc) is 2.47. The summed E-state index contributed by atoms with van der Waals surface area (Å²) in [5.74, 6) is 0.820. The molecule has 1 unspecified atom stereocenters. The predicted octanol–water partition coefficient (Wildman–Crippen LogP) is 4.70. The third-order valence-electron chi connectivity index (χ3n) is 3.33. The highest BCUT2D eigenvalue weighted by Gasteiger charge is 2.13. The van der Waals surface area contributed by atoms with E-state index in [1.54, 1.807) is 25.3 Å². The van der Waals surface area contributed by atoms with Gasteiger partial charge in [-0.15, -0.1) is 0 Å². The lowest BCUT2D eigenvalue weighted by atomic mass is 10.0. The summed E-state index contributed by atoms with van der Waals surface area (Å²) in [6.07, 6.45) is 0. The van der Waals surface area contributed by atoms with Gasteiger partial charge in [-0.05, 0) is 38.1 Å². The Morgan fingerprint density at radius 2 is 2.00 bits per heavy atom. The molecule has 2 aromatic carbocycles. The molecule has 0 aliphatic heterocycles. The van der Waals surface area contributed by atoms with Crippen LogP contribution in [0.4, 0.5) is 5.69 Å². The maximum absolute atomic E-state index is 9.18. The van der Waals surface area contributed by atoms with Crippen LogP contribution in [0.15, 0.2) is 36.4 Å². The van der Waals surface area contributed by atoms with Crippen molar-refractivity contribution in [1.82, 2.24) is 0 Å². The summed E-state index contributed by atoms with van der Waals surface area (Å²) in [4.78, 5) is 0. The van der Waals surface area contributed by atoms with Crippen LogP contribution in [-0.2, 0) is 0 Å². The molecule has 108 valence electrons. The fourth-order valence-electron chi connectivity index (χ4n) is 2.24. The van der Waals surface area contributed by atoms with E-state index in [9.17, 15) is 5.26 Å². The number of benzene rings is 2. The second-order valence-corrected chi connectivity index (χ2v) is 5.35. The van der Waals surface area contributed by atoms with E-state index in [2.05, 4.69) is 17.5 Å². The summed E-state index contributed by atoms with van der Waals surface area (Å²) in [5.41, 5.74) is 3.49. The van der Waals surface area contributed by atoms with E-state index in [-0.39, 0.29) is 6.04 Å². The standard InChI is InChI=1S/C17H17ClN2O/c1-11-4-7-17(21-3)15(8-11)12(2)20-16-9-14(18)6-5-13(16)10-19/h4-9,12,20H,1-3H3. The lowest BCUT2D eigenvalue weighted by molar-refractivity contribution is 0.408. The lowest BCUT2D eigenvalue weighted by Gasteiger charge is -2.20. The second kappa shape index (κ2) is 6.51. The van der Waals surface area contributed by atoms with Crippen molar-refractivity contribution in [3.05, 3.63) is 58.1 Å². The minimum absolute atomic E-state index is 0.00887. The van der Waals surface area contributed by atoms with E-state index in [4.69, 9.17) is 16.3 Å². The topological polar surface area (TPSA) is 45.0 Å². The molecule has 0 saturated heterocycles. The molecule has 3 nitrogen and oxygen atoms in total. The number of ether oxygens (including phenoxy) is 1. The Balaban J connectivity index is 2.34. The highest BCUT2D eigenvalue weighted by Crippen LogP contribution is 2.30. The molecule has 0 radical (unpaired) electrons. The van der Waals surface area contributed by atoms with Crippen molar-refractivity contribution in [3.63, 3.8) is 0 Å². The van der Waals surface area contributed by atoms with Crippen LogP contribution in [0.1, 0.15) is 29.7 Å². The van der Waals surface area contributed by atoms with Gasteiger partial charge in [-0.25, -0.2) is 0 Å². The highest BCUT2D eigenvalue weighted by molar-refractivity contribution is 6.30. The van der Waals surface area contributed by atoms with Crippen LogP contribution in [0.25, 0.3) is 0 Å². The van der Waals surface area contributed by atoms with Gasteiger partial charge in [-0.3, -0.25) is 0 Å². The van der Waals surface area contributed by atoms with Crippen molar-refractivity contribution in [2.75, 3.05) is 12.4 Å². The lowest BCUT2D eigenvalue weighted by Crippen LogP contribution is -2.09. The number of rotatable bonds is 4. The van der Waals surface area contributed by atoms with Crippen molar-refractivity contribution in [2.24, 2.45) is 0 Å². The molecule has 0 fully saturated rings. The van der Waals surface area contributed by atoms with E-state index < -0.39 is 0 Å². The number of nitrogens with zero attached hydrogens (tertiary/aromatic N) is 1. The number of hydrogen-bond donors (Lipinski definition) is 1. The number of nitriles is 1. The summed E-state index contributed by atoms with van der Waals surface area (Å²) in [5, 5.41) is 13.1. The fraction of sp³-hybridized carbons (Fsp3) is 0.235. The van der Waals surface area contributed by atoms with Gasteiger partial charge in [0.25, 0.3) is 0 Å². The van der Waals surface area contributed by atoms with Gasteiger partial charge >= 0.3 is 0 Å². The average molecular weight is 301 g/mol. The van der Waals surface area contributed by atoms with Crippen LogP contribution in [0.3, 0.4) is 0 Å². The van der Waals surface area contributed by atoms with Gasteiger partial charge in [0.1, 0.15) is 11.8 Å². The molecule has 0 bridgehead atoms. The van der Waals surface area contributed by atoms with Gasteiger partial charge in [0, 0.05) is 10.6 Å². The molecule has 2 aromatic rings. The maximum atomic E-state index is 9.18. The molecule has 0 aromatic heterocycles. The van der Waals surface area contributed by atoms with E-state index >= 15 is 0 Å². The summed E-state index contributed by atoms with van der Waals surface area (Å²) in [7, 11) is 1.65. The molecule has 0 saturated carbocycles. The molecule has 21 heavy (non-hydrogen) atoms. The fourth-order valence-corrected chi connectivity index (χ4v) is 2.41. The van der Waals surface area contributed by atoms with Gasteiger partial charge in [-0.2, -0.15) is 5.26 Å². The Bertz CT molecular complexity index is 692. The highest BCUT2D eigenvalue weighted by atomic mass is 35.5. The van der Waals surface area contributed by atoms with E-state index in [1.807, 2.05) is 26.0 Å². The molecule has 1 N–H and O–H groups in total. The Morgan fingerprint density at radius 3 is 2.67 bits per heavy atom. The Hall–Kier alpha value is -2.18. The molecule has 0 aliphatic carbocycles. The summed E-state index contributed by atoms with van der Waals surface area (Å²) < 4.78 is 5.41. The van der Waals surface area contributed by atoms with E-state index in [0.717, 1.165) is 22.6 Å². The molecule has 4 heteroatoms. The van der Waals surface area contributed by atoms with E-state index in [1.165, 1.54) is 0 Å². The maximum Gasteiger partial charge on any atom is 0.124 e. The Labute approximate surface area is 130 Å². The molecule has 1 atom stereocenters. The number of halogens is 1. The Morgan fingerprint density at radius 1 is 1.24 bits per heavy atom. The summed E-state index contributed by atoms with van der Waals surface area (Å²) >= 11 is 6.01. The zero-order valence-corrected chi connectivity index (χ0v) is 13.0. The van der Waals surface area contributed by atoms with Crippen LogP contribution in [0, 0.1) is 18.3 Å². The predicted molar refractivity (Wildman–Crippen MR) is 85.9 cm³/mol. The minimum Gasteiger partial charge on any atom is -0.496 e. The third-order valence-corrected chi connectivity index (χ3v) is 3.56. The molecule has 0 aliphatic rings. The van der Waals surface area contributed by atoms with Crippen LogP contribution in [-0.4, -0.2) is 7.11 Å². The first-order chi connectivity index (χ1) is 10.0. The quantitative estimate of drug-likeness (QED) is 0.890. The second-order valence-electron chi connectivity index (χ2n) is 4.91. The third kappa shape index (κ3) is 3.48. The van der Waals surface area contributed by atoms with Gasteiger partial charge in [0.15, 0.2) is 0 Å². The number of hydrogen-bond acceptors (Lipinski definition) is 3. The van der Waals surface area contributed by atoms with Crippen molar-refractivity contribution in [2.45, 2.75) is 19.9 Å². The van der Waals surface area contributed by atoms with Gasteiger partial charge < -0.3 is 10.1 Å². The van der Waals surface area contributed by atoms with Gasteiger partial charge in [-0.1, -0.05) is 29.3 Å². The number of nitrogens with one attached hydrogen (secondary N) is 1. The van der Waals surface area contributed by atoms with Crippen LogP contribution in [0.5, 0.6) is 5.75 Å². The number of methoxy groups -OCH3 is 1. The number of aryl methyl sites for hydroxylation is 1. The smallest absolute Gasteiger partial charge is 0.124 e. The van der Waals surface area contributed by atoms with Crippen molar-refractivity contribution >= 4 is 17.3 Å². The van der Waals surface area contributed by atoms with Gasteiger partial charge in [0.2, 0.25) is 0 Å². The van der Waals surface area contributed by atoms with Crippen molar-refractivity contribution in [3.8, 4) is 11.8 Å². The molecular formula is C17H17ClN2O. The van der Waals surface area contributed by atoms with Crippen LogP contribution < -0.4 is 10.1 Å². The first-order valence-corrected chi connectivity index (χ1v) is 7.03. The largest absolute Gasteiger partial charge is 0.496 e. The van der Waals surface area contributed by atoms with Gasteiger partial charge in [0.05, 0.1) is 24.4 Å².